The van der Waals surface area contributed by atoms with Gasteiger partial charge >= 0.3 is 0 Å². The summed E-state index contributed by atoms with van der Waals surface area (Å²) < 4.78 is 0. The molecule has 0 spiro atoms. The Morgan fingerprint density at radius 1 is 0.950 bits per heavy atom. The van der Waals surface area contributed by atoms with Crippen molar-refractivity contribution in [3.63, 3.8) is 0 Å². The molecule has 3 aromatic rings. The van der Waals surface area contributed by atoms with Crippen molar-refractivity contribution in [3.8, 4) is 0 Å². The fraction of sp³-hybridized carbons (Fsp3) is 0.222. The van der Waals surface area contributed by atoms with Gasteiger partial charge in [-0.25, -0.2) is 0 Å². The van der Waals surface area contributed by atoms with Gasteiger partial charge in [0.15, 0.2) is 0 Å². The molecule has 1 heterocycles. The van der Waals surface area contributed by atoms with Gasteiger partial charge in [-0.3, -0.25) is 0 Å². The van der Waals surface area contributed by atoms with E-state index >= 15 is 0 Å². The van der Waals surface area contributed by atoms with E-state index in [0.29, 0.717) is 0 Å². The summed E-state index contributed by atoms with van der Waals surface area (Å²) in [5.74, 6) is 0. The molecule has 0 aliphatic heterocycles. The van der Waals surface area contributed by atoms with E-state index in [2.05, 4.69) is 61.5 Å². The molecular weight excluding hydrogens is 262 g/mol. The number of fused-ring (bicyclic) bond motifs is 1. The Kier molecular flexibility index (Phi) is 3.86. The highest BCUT2D eigenvalue weighted by Crippen LogP contribution is 2.25. The van der Waals surface area contributed by atoms with Crippen LogP contribution < -0.4 is 5.73 Å². The summed E-state index contributed by atoms with van der Waals surface area (Å²) in [7, 11) is 0. The van der Waals surface area contributed by atoms with Crippen molar-refractivity contribution >= 4 is 22.1 Å². The van der Waals surface area contributed by atoms with E-state index in [9.17, 15) is 0 Å². The van der Waals surface area contributed by atoms with Crippen molar-refractivity contribution in [3.05, 3.63) is 69.9 Å². The molecule has 0 radical (unpaired) electrons. The van der Waals surface area contributed by atoms with Gasteiger partial charge in [-0.1, -0.05) is 43.3 Å². The third-order valence-corrected chi connectivity index (χ3v) is 4.94. The van der Waals surface area contributed by atoms with Crippen LogP contribution in [0.1, 0.15) is 28.3 Å². The first-order chi connectivity index (χ1) is 9.76. The van der Waals surface area contributed by atoms with Gasteiger partial charge in [0.25, 0.3) is 0 Å². The van der Waals surface area contributed by atoms with Crippen molar-refractivity contribution < 1.29 is 0 Å². The second-order valence-corrected chi connectivity index (χ2v) is 6.39. The molecule has 2 N–H and O–H groups in total. The van der Waals surface area contributed by atoms with Crippen LogP contribution in [0.25, 0.3) is 10.8 Å². The lowest BCUT2D eigenvalue weighted by Crippen LogP contribution is -2.12. The van der Waals surface area contributed by atoms with Gasteiger partial charge in [-0.15, -0.1) is 11.3 Å². The van der Waals surface area contributed by atoms with Crippen LogP contribution in [0.2, 0.25) is 0 Å². The van der Waals surface area contributed by atoms with E-state index in [1.165, 1.54) is 26.1 Å². The van der Waals surface area contributed by atoms with Gasteiger partial charge in [-0.05, 0) is 41.0 Å². The molecule has 0 saturated heterocycles. The number of rotatable bonds is 4. The van der Waals surface area contributed by atoms with Crippen LogP contribution in [0.5, 0.6) is 0 Å². The second-order valence-electron chi connectivity index (χ2n) is 5.14. The van der Waals surface area contributed by atoms with Crippen LogP contribution in [-0.4, -0.2) is 0 Å². The molecule has 2 aromatic carbocycles. The highest BCUT2D eigenvalue weighted by molar-refractivity contribution is 7.11. The standard InChI is InChI=1S/C18H19NS/c1-2-16-9-10-17(20-16)12-18(19)15-8-7-13-5-3-4-6-14(13)11-15/h3-11,18H,2,12,19H2,1H3. The van der Waals surface area contributed by atoms with Crippen LogP contribution in [0, 0.1) is 0 Å². The number of thiophene rings is 1. The van der Waals surface area contributed by atoms with E-state index in [4.69, 9.17) is 5.73 Å². The summed E-state index contributed by atoms with van der Waals surface area (Å²) in [5, 5.41) is 2.54. The highest BCUT2D eigenvalue weighted by atomic mass is 32.1. The molecule has 0 amide bonds. The normalized spacial score (nSPS) is 12.7. The third-order valence-electron chi connectivity index (χ3n) is 3.69. The summed E-state index contributed by atoms with van der Waals surface area (Å²) >= 11 is 1.88. The maximum atomic E-state index is 6.38. The molecular formula is C18H19NS. The van der Waals surface area contributed by atoms with Crippen molar-refractivity contribution in [2.45, 2.75) is 25.8 Å². The molecule has 1 nitrogen and oxygen atoms in total. The Morgan fingerprint density at radius 3 is 2.45 bits per heavy atom. The summed E-state index contributed by atoms with van der Waals surface area (Å²) in [6, 6.07) is 19.5. The van der Waals surface area contributed by atoms with Crippen molar-refractivity contribution in [1.29, 1.82) is 0 Å². The average Bonchev–Trinajstić information content (AvgIpc) is 2.94. The van der Waals surface area contributed by atoms with Crippen molar-refractivity contribution in [2.24, 2.45) is 5.73 Å². The Balaban J connectivity index is 1.82. The zero-order valence-electron chi connectivity index (χ0n) is 11.7. The first kappa shape index (κ1) is 13.3. The predicted molar refractivity (Wildman–Crippen MR) is 88.3 cm³/mol. The highest BCUT2D eigenvalue weighted by Gasteiger charge is 2.09. The molecule has 1 unspecified atom stereocenters. The van der Waals surface area contributed by atoms with Crippen LogP contribution in [0.3, 0.4) is 0 Å². The molecule has 0 saturated carbocycles. The largest absolute Gasteiger partial charge is 0.324 e. The lowest BCUT2D eigenvalue weighted by molar-refractivity contribution is 0.731. The Labute approximate surface area is 124 Å². The van der Waals surface area contributed by atoms with Crippen LogP contribution >= 0.6 is 11.3 Å². The van der Waals surface area contributed by atoms with Crippen LogP contribution in [-0.2, 0) is 12.8 Å². The lowest BCUT2D eigenvalue weighted by Gasteiger charge is -2.12. The van der Waals surface area contributed by atoms with Gasteiger partial charge in [0.1, 0.15) is 0 Å². The molecule has 0 aliphatic carbocycles. The fourth-order valence-electron chi connectivity index (χ4n) is 2.50. The summed E-state index contributed by atoms with van der Waals surface area (Å²) in [4.78, 5) is 2.81. The molecule has 0 bridgehead atoms. The van der Waals surface area contributed by atoms with Gasteiger partial charge in [-0.2, -0.15) is 0 Å². The number of aryl methyl sites for hydroxylation is 1. The molecule has 102 valence electrons. The topological polar surface area (TPSA) is 26.0 Å². The van der Waals surface area contributed by atoms with Gasteiger partial charge in [0.05, 0.1) is 0 Å². The molecule has 1 aromatic heterocycles. The second kappa shape index (κ2) is 5.78. The zero-order chi connectivity index (χ0) is 13.9. The Bertz CT molecular complexity index is 714. The lowest BCUT2D eigenvalue weighted by atomic mass is 10.00. The number of hydrogen-bond donors (Lipinski definition) is 1. The number of nitrogens with two attached hydrogens (primary N) is 1. The van der Waals surface area contributed by atoms with Crippen molar-refractivity contribution in [2.75, 3.05) is 0 Å². The summed E-state index contributed by atoms with van der Waals surface area (Å²) in [6.45, 7) is 2.19. The first-order valence-electron chi connectivity index (χ1n) is 7.08. The monoisotopic (exact) mass is 281 g/mol. The van der Waals surface area contributed by atoms with Crippen LogP contribution in [0.15, 0.2) is 54.6 Å². The fourth-order valence-corrected chi connectivity index (χ4v) is 3.51. The molecule has 2 heteroatoms. The minimum atomic E-state index is 0.0722. The number of hydrogen-bond acceptors (Lipinski definition) is 2. The van der Waals surface area contributed by atoms with Gasteiger partial charge in [0.2, 0.25) is 0 Å². The maximum Gasteiger partial charge on any atom is 0.0343 e. The zero-order valence-corrected chi connectivity index (χ0v) is 12.5. The SMILES string of the molecule is CCc1ccc(CC(N)c2ccc3ccccc3c2)s1. The van der Waals surface area contributed by atoms with E-state index in [1.807, 2.05) is 11.3 Å². The molecule has 0 aliphatic rings. The minimum Gasteiger partial charge on any atom is -0.324 e. The van der Waals surface area contributed by atoms with Crippen molar-refractivity contribution in [1.82, 2.24) is 0 Å². The van der Waals surface area contributed by atoms with E-state index in [0.717, 1.165) is 12.8 Å². The summed E-state index contributed by atoms with van der Waals surface area (Å²) in [6.07, 6.45) is 2.03. The Morgan fingerprint density at radius 2 is 1.70 bits per heavy atom. The Hall–Kier alpha value is -1.64. The molecule has 20 heavy (non-hydrogen) atoms. The quantitative estimate of drug-likeness (QED) is 0.736. The maximum absolute atomic E-state index is 6.38. The van der Waals surface area contributed by atoms with Crippen LogP contribution in [0.4, 0.5) is 0 Å². The van der Waals surface area contributed by atoms with E-state index in [-0.39, 0.29) is 6.04 Å². The minimum absolute atomic E-state index is 0.0722. The molecule has 1 atom stereocenters. The van der Waals surface area contributed by atoms with Gasteiger partial charge < -0.3 is 5.73 Å². The predicted octanol–water partition coefficient (Wildman–Crippen LogP) is 4.71. The third kappa shape index (κ3) is 2.77. The first-order valence-corrected chi connectivity index (χ1v) is 7.90. The number of benzene rings is 2. The van der Waals surface area contributed by atoms with E-state index < -0.39 is 0 Å². The van der Waals surface area contributed by atoms with E-state index in [1.54, 1.807) is 0 Å². The molecule has 0 fully saturated rings. The van der Waals surface area contributed by atoms with Gasteiger partial charge in [0, 0.05) is 22.2 Å². The molecule has 3 rings (SSSR count). The smallest absolute Gasteiger partial charge is 0.0343 e. The average molecular weight is 281 g/mol. The summed E-state index contributed by atoms with van der Waals surface area (Å²) in [5.41, 5.74) is 7.59.